The largest absolute Gasteiger partial charge is 0.480 e. The van der Waals surface area contributed by atoms with Crippen molar-refractivity contribution in [3.05, 3.63) is 12.2 Å². The predicted molar refractivity (Wildman–Crippen MR) is 38.2 cm³/mol. The van der Waals surface area contributed by atoms with Gasteiger partial charge in [-0.05, 0) is 6.42 Å². The zero-order chi connectivity index (χ0) is 8.85. The highest BCUT2D eigenvalue weighted by Gasteiger charge is 2.21. The lowest BCUT2D eigenvalue weighted by atomic mass is 10.1. The van der Waals surface area contributed by atoms with Crippen LogP contribution in [0.1, 0.15) is 13.3 Å². The predicted octanol–water partition coefficient (Wildman–Crippen LogP) is 0.738. The summed E-state index contributed by atoms with van der Waals surface area (Å²) in [6, 6.07) is 0. The molecule has 0 saturated carbocycles. The molecule has 0 spiro atoms. The van der Waals surface area contributed by atoms with Crippen LogP contribution < -0.4 is 0 Å². The van der Waals surface area contributed by atoms with E-state index in [9.17, 15) is 9.59 Å². The molecule has 0 fully saturated rings. The molecular formula is C7H10O4. The summed E-state index contributed by atoms with van der Waals surface area (Å²) < 4.78 is 0. The maximum atomic E-state index is 10.2. The van der Waals surface area contributed by atoms with Gasteiger partial charge >= 0.3 is 11.9 Å². The van der Waals surface area contributed by atoms with Crippen molar-refractivity contribution in [2.45, 2.75) is 13.3 Å². The fourth-order valence-corrected chi connectivity index (χ4v) is 0.542. The third kappa shape index (κ3) is 3.40. The average Bonchev–Trinajstić information content (AvgIpc) is 1.87. The summed E-state index contributed by atoms with van der Waals surface area (Å²) in [4.78, 5) is 20.4. The van der Waals surface area contributed by atoms with Gasteiger partial charge in [0.2, 0.25) is 0 Å². The molecular weight excluding hydrogens is 148 g/mol. The second-order valence-electron chi connectivity index (χ2n) is 1.99. The maximum Gasteiger partial charge on any atom is 0.321 e. The number of carboxylic acid groups (broad SMARTS) is 2. The molecule has 4 heteroatoms. The first kappa shape index (κ1) is 9.68. The molecule has 0 rings (SSSR count). The van der Waals surface area contributed by atoms with Gasteiger partial charge in [0, 0.05) is 0 Å². The van der Waals surface area contributed by atoms with E-state index in [0.29, 0.717) is 6.42 Å². The first-order chi connectivity index (χ1) is 5.09. The molecule has 4 nitrogen and oxygen atoms in total. The Balaban J connectivity index is 4.23. The highest BCUT2D eigenvalue weighted by atomic mass is 16.4. The van der Waals surface area contributed by atoms with Gasteiger partial charge in [-0.1, -0.05) is 19.1 Å². The summed E-state index contributed by atoms with van der Waals surface area (Å²) in [6.07, 6.45) is 3.33. The smallest absolute Gasteiger partial charge is 0.321 e. The van der Waals surface area contributed by atoms with E-state index < -0.39 is 17.9 Å². The standard InChI is InChI=1S/C7H10O4/c1-2-3-4-5(6(8)9)7(10)11/h3-5H,2H2,1H3,(H,8,9)(H,10,11)/b4-3-. The number of carboxylic acids is 2. The SMILES string of the molecule is CC/C=C\C(C(=O)O)C(=O)O. The normalized spacial score (nSPS) is 10.7. The minimum Gasteiger partial charge on any atom is -0.480 e. The van der Waals surface area contributed by atoms with Crippen LogP contribution in [-0.2, 0) is 9.59 Å². The van der Waals surface area contributed by atoms with E-state index in [4.69, 9.17) is 10.2 Å². The van der Waals surface area contributed by atoms with E-state index in [-0.39, 0.29) is 0 Å². The van der Waals surface area contributed by atoms with E-state index in [1.54, 1.807) is 6.92 Å². The van der Waals surface area contributed by atoms with Gasteiger partial charge < -0.3 is 10.2 Å². The van der Waals surface area contributed by atoms with E-state index in [1.165, 1.54) is 12.2 Å². The Kier molecular flexibility index (Phi) is 3.95. The van der Waals surface area contributed by atoms with Crippen molar-refractivity contribution >= 4 is 11.9 Å². The minimum atomic E-state index is -1.41. The van der Waals surface area contributed by atoms with Crippen LogP contribution in [0, 0.1) is 5.92 Å². The van der Waals surface area contributed by atoms with Crippen molar-refractivity contribution in [2.75, 3.05) is 0 Å². The van der Waals surface area contributed by atoms with Gasteiger partial charge in [-0.2, -0.15) is 0 Å². The average molecular weight is 158 g/mol. The Morgan fingerprint density at radius 3 is 2.09 bits per heavy atom. The minimum absolute atomic E-state index is 0.636. The van der Waals surface area contributed by atoms with Crippen LogP contribution in [0.3, 0.4) is 0 Å². The highest BCUT2D eigenvalue weighted by molar-refractivity contribution is 5.94. The number of allylic oxidation sites excluding steroid dienone is 1. The molecule has 0 heterocycles. The van der Waals surface area contributed by atoms with Crippen LogP contribution in [-0.4, -0.2) is 22.2 Å². The van der Waals surface area contributed by atoms with Gasteiger partial charge in [-0.15, -0.1) is 0 Å². The van der Waals surface area contributed by atoms with Crippen molar-refractivity contribution < 1.29 is 19.8 Å². The summed E-state index contributed by atoms with van der Waals surface area (Å²) in [6.45, 7) is 1.80. The maximum absolute atomic E-state index is 10.2. The van der Waals surface area contributed by atoms with Crippen molar-refractivity contribution in [3.63, 3.8) is 0 Å². The Labute approximate surface area is 64.2 Å². The monoisotopic (exact) mass is 158 g/mol. The molecule has 2 N–H and O–H groups in total. The molecule has 0 aliphatic heterocycles. The van der Waals surface area contributed by atoms with Crippen molar-refractivity contribution in [1.29, 1.82) is 0 Å². The van der Waals surface area contributed by atoms with Crippen molar-refractivity contribution in [1.82, 2.24) is 0 Å². The van der Waals surface area contributed by atoms with Crippen LogP contribution in [0.15, 0.2) is 12.2 Å². The fraction of sp³-hybridized carbons (Fsp3) is 0.429. The van der Waals surface area contributed by atoms with Gasteiger partial charge in [0.15, 0.2) is 5.92 Å². The summed E-state index contributed by atoms with van der Waals surface area (Å²) in [5, 5.41) is 16.7. The van der Waals surface area contributed by atoms with Gasteiger partial charge in [-0.25, -0.2) is 0 Å². The fourth-order valence-electron chi connectivity index (χ4n) is 0.542. The van der Waals surface area contributed by atoms with E-state index in [2.05, 4.69) is 0 Å². The molecule has 0 aromatic rings. The molecule has 0 aliphatic rings. The molecule has 0 saturated heterocycles. The molecule has 0 amide bonds. The zero-order valence-corrected chi connectivity index (χ0v) is 6.15. The molecule has 0 unspecified atom stereocenters. The van der Waals surface area contributed by atoms with Gasteiger partial charge in [0.05, 0.1) is 0 Å². The molecule has 0 aliphatic carbocycles. The molecule has 0 aromatic carbocycles. The second-order valence-corrected chi connectivity index (χ2v) is 1.99. The third-order valence-electron chi connectivity index (χ3n) is 1.10. The molecule has 0 bridgehead atoms. The number of aliphatic carboxylic acids is 2. The van der Waals surface area contributed by atoms with E-state index in [0.717, 1.165) is 0 Å². The third-order valence-corrected chi connectivity index (χ3v) is 1.10. The highest BCUT2D eigenvalue weighted by Crippen LogP contribution is 1.99. The first-order valence-electron chi connectivity index (χ1n) is 3.21. The van der Waals surface area contributed by atoms with E-state index in [1.807, 2.05) is 0 Å². The first-order valence-corrected chi connectivity index (χ1v) is 3.21. The van der Waals surface area contributed by atoms with Crippen LogP contribution in [0.25, 0.3) is 0 Å². The lowest BCUT2D eigenvalue weighted by Gasteiger charge is -1.98. The number of hydrogen-bond acceptors (Lipinski definition) is 2. The number of carbonyl (C=O) groups is 2. The second kappa shape index (κ2) is 4.49. The topological polar surface area (TPSA) is 74.6 Å². The Morgan fingerprint density at radius 1 is 1.36 bits per heavy atom. The Morgan fingerprint density at radius 2 is 1.82 bits per heavy atom. The molecule has 0 atom stereocenters. The van der Waals surface area contributed by atoms with Crippen molar-refractivity contribution in [2.24, 2.45) is 5.92 Å². The van der Waals surface area contributed by atoms with Gasteiger partial charge in [0.1, 0.15) is 0 Å². The molecule has 0 aromatic heterocycles. The summed E-state index contributed by atoms with van der Waals surface area (Å²) in [7, 11) is 0. The summed E-state index contributed by atoms with van der Waals surface area (Å²) in [5.41, 5.74) is 0. The van der Waals surface area contributed by atoms with Gasteiger partial charge in [0.25, 0.3) is 0 Å². The van der Waals surface area contributed by atoms with Crippen LogP contribution in [0.4, 0.5) is 0 Å². The lowest BCUT2D eigenvalue weighted by molar-refractivity contribution is -0.151. The van der Waals surface area contributed by atoms with Gasteiger partial charge in [-0.3, -0.25) is 9.59 Å². The lowest BCUT2D eigenvalue weighted by Crippen LogP contribution is -2.20. The summed E-state index contributed by atoms with van der Waals surface area (Å²) >= 11 is 0. The zero-order valence-electron chi connectivity index (χ0n) is 6.15. The molecule has 11 heavy (non-hydrogen) atoms. The Hall–Kier alpha value is -1.32. The van der Waals surface area contributed by atoms with Crippen molar-refractivity contribution in [3.8, 4) is 0 Å². The van der Waals surface area contributed by atoms with E-state index >= 15 is 0 Å². The Bertz CT molecular complexity index is 169. The number of rotatable bonds is 4. The molecule has 0 radical (unpaired) electrons. The van der Waals surface area contributed by atoms with Crippen LogP contribution in [0.5, 0.6) is 0 Å². The molecule has 62 valence electrons. The quantitative estimate of drug-likeness (QED) is 0.467. The summed E-state index contributed by atoms with van der Waals surface area (Å²) in [5.74, 6) is -4.07. The van der Waals surface area contributed by atoms with Crippen LogP contribution >= 0.6 is 0 Å². The number of hydrogen-bond donors (Lipinski definition) is 2. The van der Waals surface area contributed by atoms with Crippen LogP contribution in [0.2, 0.25) is 0 Å².